The van der Waals surface area contributed by atoms with Crippen molar-refractivity contribution in [2.24, 2.45) is 5.92 Å². The van der Waals surface area contributed by atoms with Gasteiger partial charge >= 0.3 is 0 Å². The zero-order chi connectivity index (χ0) is 12.4. The third-order valence-corrected chi connectivity index (χ3v) is 5.10. The highest BCUT2D eigenvalue weighted by Crippen LogP contribution is 2.43. The van der Waals surface area contributed by atoms with Crippen LogP contribution >= 0.6 is 11.8 Å². The van der Waals surface area contributed by atoms with E-state index >= 15 is 0 Å². The molecular formula is C14H21NOS. The highest BCUT2D eigenvalue weighted by Gasteiger charge is 2.32. The van der Waals surface area contributed by atoms with E-state index in [0.29, 0.717) is 17.2 Å². The van der Waals surface area contributed by atoms with E-state index in [1.165, 1.54) is 11.1 Å². The molecule has 1 N–H and O–H groups in total. The molecule has 2 atom stereocenters. The predicted octanol–water partition coefficient (Wildman–Crippen LogP) is 3.23. The van der Waals surface area contributed by atoms with Crippen LogP contribution < -0.4 is 10.1 Å². The lowest BCUT2D eigenvalue weighted by atomic mass is 9.92. The number of hydrogen-bond acceptors (Lipinski definition) is 3. The standard InChI is InChI=1S/C14H21NOS/c1-9(2)14-13(15-3)10-6-5-7-12(16-4)11(10)8-17-14/h5-7,9,13-15H,8H2,1-4H3. The molecule has 0 saturated carbocycles. The zero-order valence-electron chi connectivity index (χ0n) is 11.0. The van der Waals surface area contributed by atoms with Gasteiger partial charge < -0.3 is 10.1 Å². The van der Waals surface area contributed by atoms with Crippen LogP contribution in [0.3, 0.4) is 0 Å². The first-order valence-electron chi connectivity index (χ1n) is 6.13. The molecule has 2 rings (SSSR count). The lowest BCUT2D eigenvalue weighted by Gasteiger charge is -2.36. The van der Waals surface area contributed by atoms with Crippen molar-refractivity contribution in [3.05, 3.63) is 29.3 Å². The van der Waals surface area contributed by atoms with Crippen molar-refractivity contribution < 1.29 is 4.74 Å². The van der Waals surface area contributed by atoms with Gasteiger partial charge in [0.25, 0.3) is 0 Å². The summed E-state index contributed by atoms with van der Waals surface area (Å²) >= 11 is 2.03. The van der Waals surface area contributed by atoms with Crippen molar-refractivity contribution >= 4 is 11.8 Å². The Hall–Kier alpha value is -0.670. The Bertz CT molecular complexity index is 392. The molecule has 0 saturated heterocycles. The molecule has 0 bridgehead atoms. The van der Waals surface area contributed by atoms with Gasteiger partial charge in [-0.3, -0.25) is 0 Å². The molecule has 17 heavy (non-hydrogen) atoms. The Morgan fingerprint density at radius 1 is 1.41 bits per heavy atom. The van der Waals surface area contributed by atoms with Crippen LogP contribution in [0.25, 0.3) is 0 Å². The first-order valence-corrected chi connectivity index (χ1v) is 7.18. The van der Waals surface area contributed by atoms with E-state index < -0.39 is 0 Å². The second-order valence-electron chi connectivity index (χ2n) is 4.81. The third kappa shape index (κ3) is 2.31. The Morgan fingerprint density at radius 3 is 2.76 bits per heavy atom. The fourth-order valence-corrected chi connectivity index (χ4v) is 4.10. The Morgan fingerprint density at radius 2 is 2.18 bits per heavy atom. The second-order valence-corrected chi connectivity index (χ2v) is 5.98. The summed E-state index contributed by atoms with van der Waals surface area (Å²) in [5.41, 5.74) is 2.76. The van der Waals surface area contributed by atoms with Gasteiger partial charge in [-0.05, 0) is 24.6 Å². The van der Waals surface area contributed by atoms with Gasteiger partial charge in [0.05, 0.1) is 7.11 Å². The van der Waals surface area contributed by atoms with Crippen molar-refractivity contribution in [1.29, 1.82) is 0 Å². The minimum absolute atomic E-state index is 0.429. The van der Waals surface area contributed by atoms with E-state index in [-0.39, 0.29) is 0 Å². The molecule has 0 amide bonds. The van der Waals surface area contributed by atoms with E-state index in [1.54, 1.807) is 7.11 Å². The zero-order valence-corrected chi connectivity index (χ0v) is 11.8. The van der Waals surface area contributed by atoms with Crippen LogP contribution in [0.4, 0.5) is 0 Å². The van der Waals surface area contributed by atoms with E-state index in [4.69, 9.17) is 4.74 Å². The lowest BCUT2D eigenvalue weighted by Crippen LogP contribution is -2.34. The van der Waals surface area contributed by atoms with Gasteiger partial charge in [-0.15, -0.1) is 0 Å². The van der Waals surface area contributed by atoms with Crippen LogP contribution in [0.5, 0.6) is 5.75 Å². The number of methoxy groups -OCH3 is 1. The van der Waals surface area contributed by atoms with Crippen LogP contribution in [0.2, 0.25) is 0 Å². The third-order valence-electron chi connectivity index (χ3n) is 3.44. The summed E-state index contributed by atoms with van der Waals surface area (Å²) in [6.07, 6.45) is 0. The van der Waals surface area contributed by atoms with Crippen LogP contribution in [-0.4, -0.2) is 19.4 Å². The quantitative estimate of drug-likeness (QED) is 0.891. The van der Waals surface area contributed by atoms with Crippen LogP contribution in [-0.2, 0) is 5.75 Å². The molecule has 94 valence electrons. The van der Waals surface area contributed by atoms with Gasteiger partial charge in [0.15, 0.2) is 0 Å². The Kier molecular flexibility index (Phi) is 4.00. The number of nitrogens with one attached hydrogen (secondary N) is 1. The molecule has 2 nitrogen and oxygen atoms in total. The Labute approximate surface area is 108 Å². The van der Waals surface area contributed by atoms with Crippen LogP contribution in [0.15, 0.2) is 18.2 Å². The average molecular weight is 251 g/mol. The number of fused-ring (bicyclic) bond motifs is 1. The molecule has 0 spiro atoms. The largest absolute Gasteiger partial charge is 0.496 e. The molecule has 1 aliphatic rings. The minimum atomic E-state index is 0.429. The molecule has 0 aliphatic carbocycles. The first-order chi connectivity index (χ1) is 8.19. The fraction of sp³-hybridized carbons (Fsp3) is 0.571. The number of rotatable bonds is 3. The van der Waals surface area contributed by atoms with E-state index in [9.17, 15) is 0 Å². The lowest BCUT2D eigenvalue weighted by molar-refractivity contribution is 0.405. The maximum atomic E-state index is 5.46. The molecule has 3 heteroatoms. The summed E-state index contributed by atoms with van der Waals surface area (Å²) in [4.78, 5) is 0. The van der Waals surface area contributed by atoms with Crippen molar-refractivity contribution in [2.45, 2.75) is 30.9 Å². The molecule has 1 aromatic carbocycles. The summed E-state index contributed by atoms with van der Waals surface area (Å²) in [5.74, 6) is 2.76. The van der Waals surface area contributed by atoms with E-state index in [0.717, 1.165) is 11.5 Å². The van der Waals surface area contributed by atoms with Crippen LogP contribution in [0.1, 0.15) is 31.0 Å². The van der Waals surface area contributed by atoms with Gasteiger partial charge in [0, 0.05) is 22.6 Å². The molecule has 0 aromatic heterocycles. The van der Waals surface area contributed by atoms with Gasteiger partial charge in [-0.2, -0.15) is 11.8 Å². The van der Waals surface area contributed by atoms with Gasteiger partial charge in [-0.25, -0.2) is 0 Å². The molecule has 1 aliphatic heterocycles. The first kappa shape index (κ1) is 12.8. The number of ether oxygens (including phenoxy) is 1. The SMILES string of the molecule is CNC1c2cccc(OC)c2CSC1C(C)C. The highest BCUT2D eigenvalue weighted by molar-refractivity contribution is 7.99. The maximum Gasteiger partial charge on any atom is 0.123 e. The van der Waals surface area contributed by atoms with E-state index in [1.807, 2.05) is 11.8 Å². The van der Waals surface area contributed by atoms with Crippen molar-refractivity contribution in [3.63, 3.8) is 0 Å². The summed E-state index contributed by atoms with van der Waals surface area (Å²) in [6.45, 7) is 4.60. The van der Waals surface area contributed by atoms with Crippen molar-refractivity contribution in [3.8, 4) is 5.75 Å². The number of hydrogen-bond donors (Lipinski definition) is 1. The average Bonchev–Trinajstić information content (AvgIpc) is 2.36. The second kappa shape index (κ2) is 5.32. The normalized spacial score (nSPS) is 23.6. The minimum Gasteiger partial charge on any atom is -0.496 e. The smallest absolute Gasteiger partial charge is 0.123 e. The molecule has 0 fully saturated rings. The summed E-state index contributed by atoms with van der Waals surface area (Å²) in [7, 11) is 3.80. The monoisotopic (exact) mass is 251 g/mol. The van der Waals surface area contributed by atoms with Crippen molar-refractivity contribution in [1.82, 2.24) is 5.32 Å². The fourth-order valence-electron chi connectivity index (χ4n) is 2.57. The summed E-state index contributed by atoms with van der Waals surface area (Å²) < 4.78 is 5.46. The Balaban J connectivity index is 2.41. The number of benzene rings is 1. The summed E-state index contributed by atoms with van der Waals surface area (Å²) in [6, 6.07) is 6.81. The molecule has 1 aromatic rings. The number of thioether (sulfide) groups is 1. The van der Waals surface area contributed by atoms with Crippen molar-refractivity contribution in [2.75, 3.05) is 14.2 Å². The molecular weight excluding hydrogens is 230 g/mol. The highest BCUT2D eigenvalue weighted by atomic mass is 32.2. The van der Waals surface area contributed by atoms with E-state index in [2.05, 4.69) is 44.4 Å². The molecule has 2 unspecified atom stereocenters. The van der Waals surface area contributed by atoms with Crippen LogP contribution in [0, 0.1) is 5.92 Å². The van der Waals surface area contributed by atoms with Gasteiger partial charge in [0.2, 0.25) is 0 Å². The maximum absolute atomic E-state index is 5.46. The molecule has 1 heterocycles. The molecule has 0 radical (unpaired) electrons. The predicted molar refractivity (Wildman–Crippen MR) is 74.7 cm³/mol. The van der Waals surface area contributed by atoms with Gasteiger partial charge in [-0.1, -0.05) is 26.0 Å². The van der Waals surface area contributed by atoms with Gasteiger partial charge in [0.1, 0.15) is 5.75 Å². The topological polar surface area (TPSA) is 21.3 Å². The summed E-state index contributed by atoms with van der Waals surface area (Å²) in [5, 5.41) is 4.10.